The molecule has 15 heavy (non-hydrogen) atoms. The van der Waals surface area contributed by atoms with Crippen molar-refractivity contribution >= 4 is 11.3 Å². The molecule has 0 amide bonds. The van der Waals surface area contributed by atoms with Crippen LogP contribution in [0.2, 0.25) is 0 Å². The highest BCUT2D eigenvalue weighted by molar-refractivity contribution is 7.09. The molecule has 1 N–H and O–H groups in total. The van der Waals surface area contributed by atoms with Crippen molar-refractivity contribution in [2.75, 3.05) is 6.54 Å². The van der Waals surface area contributed by atoms with E-state index in [9.17, 15) is 0 Å². The highest BCUT2D eigenvalue weighted by Crippen LogP contribution is 2.28. The molecule has 80 valence electrons. The van der Waals surface area contributed by atoms with Crippen LogP contribution >= 0.6 is 11.3 Å². The molecule has 0 unspecified atom stereocenters. The van der Waals surface area contributed by atoms with E-state index in [1.807, 2.05) is 0 Å². The summed E-state index contributed by atoms with van der Waals surface area (Å²) in [6.07, 6.45) is 5.47. The average molecular weight is 220 g/mol. The van der Waals surface area contributed by atoms with Crippen molar-refractivity contribution in [3.63, 3.8) is 0 Å². The lowest BCUT2D eigenvalue weighted by Gasteiger charge is -2.21. The van der Waals surface area contributed by atoms with Crippen LogP contribution in [0.25, 0.3) is 0 Å². The normalized spacial score (nSPS) is 18.9. The summed E-state index contributed by atoms with van der Waals surface area (Å²) < 4.78 is 0. The van der Waals surface area contributed by atoms with E-state index in [0.717, 1.165) is 25.8 Å². The molecule has 1 aliphatic carbocycles. The van der Waals surface area contributed by atoms with Gasteiger partial charge in [-0.3, -0.25) is 5.32 Å². The number of nitrogens with zero attached hydrogens (tertiary/aromatic N) is 1. The third-order valence-corrected chi connectivity index (χ3v) is 4.02. The van der Waals surface area contributed by atoms with E-state index in [1.165, 1.54) is 17.7 Å². The molecule has 3 heteroatoms. The van der Waals surface area contributed by atoms with Gasteiger partial charge < -0.3 is 0 Å². The zero-order chi connectivity index (χ0) is 10.6. The molecule has 0 radical (unpaired) electrons. The summed E-state index contributed by atoms with van der Waals surface area (Å²) in [4.78, 5) is 1.40. The first-order chi connectivity index (χ1) is 7.35. The Balaban J connectivity index is 1.80. The molecule has 0 saturated heterocycles. The molecule has 1 aromatic rings. The fourth-order valence-corrected chi connectivity index (χ4v) is 2.90. The van der Waals surface area contributed by atoms with Crippen LogP contribution in [0, 0.1) is 11.3 Å². The summed E-state index contributed by atoms with van der Waals surface area (Å²) in [6.45, 7) is 0.925. The van der Waals surface area contributed by atoms with Gasteiger partial charge >= 0.3 is 0 Å². The van der Waals surface area contributed by atoms with Crippen LogP contribution < -0.4 is 5.32 Å². The second-order valence-electron chi connectivity index (χ2n) is 4.16. The highest BCUT2D eigenvalue weighted by atomic mass is 32.1. The van der Waals surface area contributed by atoms with Crippen LogP contribution in [0.15, 0.2) is 17.5 Å². The van der Waals surface area contributed by atoms with Gasteiger partial charge in [-0.15, -0.1) is 11.3 Å². The SMILES string of the molecule is N#CC1(NCCc2cccs2)CCCC1. The maximum Gasteiger partial charge on any atom is 0.106 e. The minimum absolute atomic E-state index is 0.211. The van der Waals surface area contributed by atoms with Gasteiger partial charge in [-0.1, -0.05) is 18.9 Å². The van der Waals surface area contributed by atoms with Gasteiger partial charge in [0.05, 0.1) is 6.07 Å². The fourth-order valence-electron chi connectivity index (χ4n) is 2.19. The molecule has 1 heterocycles. The smallest absolute Gasteiger partial charge is 0.106 e. The Morgan fingerprint density at radius 3 is 2.87 bits per heavy atom. The van der Waals surface area contributed by atoms with Crippen molar-refractivity contribution in [1.29, 1.82) is 5.26 Å². The fraction of sp³-hybridized carbons (Fsp3) is 0.583. The lowest BCUT2D eigenvalue weighted by molar-refractivity contribution is 0.426. The molecule has 0 bridgehead atoms. The minimum atomic E-state index is -0.211. The maximum absolute atomic E-state index is 9.16. The lowest BCUT2D eigenvalue weighted by Crippen LogP contribution is -2.42. The molecule has 1 aromatic heterocycles. The summed E-state index contributed by atoms with van der Waals surface area (Å²) in [5, 5.41) is 14.7. The Morgan fingerprint density at radius 1 is 1.47 bits per heavy atom. The van der Waals surface area contributed by atoms with Crippen LogP contribution in [-0.4, -0.2) is 12.1 Å². The summed E-state index contributed by atoms with van der Waals surface area (Å²) in [6, 6.07) is 6.68. The van der Waals surface area contributed by atoms with Gasteiger partial charge in [0.25, 0.3) is 0 Å². The Hall–Kier alpha value is -0.850. The Morgan fingerprint density at radius 2 is 2.27 bits per heavy atom. The van der Waals surface area contributed by atoms with Crippen molar-refractivity contribution in [1.82, 2.24) is 5.32 Å². The Bertz CT molecular complexity index is 331. The molecule has 2 rings (SSSR count). The molecule has 1 aliphatic rings. The van der Waals surface area contributed by atoms with Crippen LogP contribution in [0.1, 0.15) is 30.6 Å². The van der Waals surface area contributed by atoms with E-state index < -0.39 is 0 Å². The minimum Gasteiger partial charge on any atom is -0.299 e. The number of thiophene rings is 1. The van der Waals surface area contributed by atoms with Gasteiger partial charge in [0.1, 0.15) is 5.54 Å². The van der Waals surface area contributed by atoms with E-state index in [-0.39, 0.29) is 5.54 Å². The van der Waals surface area contributed by atoms with Gasteiger partial charge in [0.2, 0.25) is 0 Å². The van der Waals surface area contributed by atoms with Crippen molar-refractivity contribution in [3.05, 3.63) is 22.4 Å². The summed E-state index contributed by atoms with van der Waals surface area (Å²) in [5.74, 6) is 0. The van der Waals surface area contributed by atoms with Crippen LogP contribution in [0.3, 0.4) is 0 Å². The number of hydrogen-bond acceptors (Lipinski definition) is 3. The topological polar surface area (TPSA) is 35.8 Å². The standard InChI is InChI=1S/C12H16N2S/c13-10-12(6-1-2-7-12)14-8-5-11-4-3-9-15-11/h3-4,9,14H,1-2,5-8H2. The van der Waals surface area contributed by atoms with Gasteiger partial charge in [-0.2, -0.15) is 5.26 Å². The molecular formula is C12H16N2S. The third kappa shape index (κ3) is 2.58. The summed E-state index contributed by atoms with van der Waals surface area (Å²) in [5.41, 5.74) is -0.211. The van der Waals surface area contributed by atoms with Crippen LogP contribution in [0.4, 0.5) is 0 Å². The van der Waals surface area contributed by atoms with Gasteiger partial charge in [0, 0.05) is 11.4 Å². The van der Waals surface area contributed by atoms with Crippen molar-refractivity contribution in [2.45, 2.75) is 37.6 Å². The quantitative estimate of drug-likeness (QED) is 0.847. The largest absolute Gasteiger partial charge is 0.299 e. The molecule has 0 aliphatic heterocycles. The second kappa shape index (κ2) is 4.78. The Kier molecular flexibility index (Phi) is 3.40. The number of nitrogens with one attached hydrogen (secondary N) is 1. The number of rotatable bonds is 4. The number of nitriles is 1. The Labute approximate surface area is 94.9 Å². The second-order valence-corrected chi connectivity index (χ2v) is 5.19. The molecule has 0 atom stereocenters. The van der Waals surface area contributed by atoms with Gasteiger partial charge in [-0.25, -0.2) is 0 Å². The van der Waals surface area contributed by atoms with Crippen LogP contribution in [-0.2, 0) is 6.42 Å². The zero-order valence-electron chi connectivity index (χ0n) is 8.83. The molecular weight excluding hydrogens is 204 g/mol. The van der Waals surface area contributed by atoms with Gasteiger partial charge in [0.15, 0.2) is 0 Å². The first kappa shape index (κ1) is 10.7. The van der Waals surface area contributed by atoms with Crippen molar-refractivity contribution in [3.8, 4) is 6.07 Å². The average Bonchev–Trinajstić information content (AvgIpc) is 2.89. The van der Waals surface area contributed by atoms with E-state index in [0.29, 0.717) is 0 Å². The van der Waals surface area contributed by atoms with Crippen molar-refractivity contribution < 1.29 is 0 Å². The molecule has 0 aromatic carbocycles. The first-order valence-electron chi connectivity index (χ1n) is 5.53. The van der Waals surface area contributed by atoms with Crippen LogP contribution in [0.5, 0.6) is 0 Å². The third-order valence-electron chi connectivity index (χ3n) is 3.09. The van der Waals surface area contributed by atoms with E-state index in [4.69, 9.17) is 5.26 Å². The summed E-state index contributed by atoms with van der Waals surface area (Å²) >= 11 is 1.79. The maximum atomic E-state index is 9.16. The predicted octanol–water partition coefficient (Wildman–Crippen LogP) is 2.72. The molecule has 1 fully saturated rings. The predicted molar refractivity (Wildman–Crippen MR) is 62.8 cm³/mol. The molecule has 0 spiro atoms. The monoisotopic (exact) mass is 220 g/mol. The first-order valence-corrected chi connectivity index (χ1v) is 6.41. The van der Waals surface area contributed by atoms with Crippen molar-refractivity contribution in [2.24, 2.45) is 0 Å². The molecule has 1 saturated carbocycles. The highest BCUT2D eigenvalue weighted by Gasteiger charge is 2.32. The molecule has 2 nitrogen and oxygen atoms in total. The lowest BCUT2D eigenvalue weighted by atomic mass is 10.00. The van der Waals surface area contributed by atoms with E-state index in [2.05, 4.69) is 28.9 Å². The summed E-state index contributed by atoms with van der Waals surface area (Å²) in [7, 11) is 0. The van der Waals surface area contributed by atoms with E-state index in [1.54, 1.807) is 11.3 Å². The zero-order valence-corrected chi connectivity index (χ0v) is 9.65. The van der Waals surface area contributed by atoms with E-state index >= 15 is 0 Å². The van der Waals surface area contributed by atoms with Gasteiger partial charge in [-0.05, 0) is 30.7 Å². The number of hydrogen-bond donors (Lipinski definition) is 1.